The van der Waals surface area contributed by atoms with Gasteiger partial charge in [0.1, 0.15) is 6.61 Å². The minimum atomic E-state index is -4.63. The molecule has 1 aromatic rings. The maximum Gasteiger partial charge on any atom is 0.522 e. The second-order valence-corrected chi connectivity index (χ2v) is 2.35. The van der Waals surface area contributed by atoms with E-state index in [1.54, 1.807) is 13.0 Å². The van der Waals surface area contributed by atoms with E-state index < -0.39 is 13.0 Å². The maximum absolute atomic E-state index is 11.6. The van der Waals surface area contributed by atoms with Crippen LogP contribution in [0, 0.1) is 6.92 Å². The second kappa shape index (κ2) is 3.69. The molecule has 6 heteroatoms. The van der Waals surface area contributed by atoms with Crippen LogP contribution in [0.2, 0.25) is 0 Å². The summed E-state index contributed by atoms with van der Waals surface area (Å²) < 4.78 is 38.2. The smallest absolute Gasteiger partial charge is 0.284 e. The number of ether oxygens (including phenoxy) is 1. The van der Waals surface area contributed by atoms with E-state index in [0.717, 1.165) is 0 Å². The third kappa shape index (κ3) is 3.84. The number of nitrogens with zero attached hydrogens (tertiary/aromatic N) is 2. The van der Waals surface area contributed by atoms with Gasteiger partial charge in [0.15, 0.2) is 5.82 Å². The number of halogens is 3. The van der Waals surface area contributed by atoms with E-state index in [9.17, 15) is 13.2 Å². The van der Waals surface area contributed by atoms with Crippen LogP contribution in [-0.2, 0) is 11.3 Å². The molecule has 0 atom stereocenters. The quantitative estimate of drug-likeness (QED) is 0.716. The Labute approximate surface area is 72.6 Å². The molecule has 1 rings (SSSR count). The van der Waals surface area contributed by atoms with Crippen molar-refractivity contribution in [3.8, 4) is 0 Å². The summed E-state index contributed by atoms with van der Waals surface area (Å²) in [5, 5.41) is 0. The minimum Gasteiger partial charge on any atom is -0.284 e. The second-order valence-electron chi connectivity index (χ2n) is 2.35. The first kappa shape index (κ1) is 9.91. The van der Waals surface area contributed by atoms with E-state index in [4.69, 9.17) is 0 Å². The van der Waals surface area contributed by atoms with Crippen molar-refractivity contribution in [3.63, 3.8) is 0 Å². The molecule has 0 aliphatic carbocycles. The van der Waals surface area contributed by atoms with Gasteiger partial charge in [0, 0.05) is 11.9 Å². The summed E-state index contributed by atoms with van der Waals surface area (Å²) in [5.41, 5.74) is 0.607. The lowest BCUT2D eigenvalue weighted by Crippen LogP contribution is -2.14. The highest BCUT2D eigenvalue weighted by atomic mass is 19.4. The summed E-state index contributed by atoms with van der Waals surface area (Å²) in [7, 11) is 0. The molecule has 0 fully saturated rings. The average Bonchev–Trinajstić information content (AvgIpc) is 2.00. The fraction of sp³-hybridized carbons (Fsp3) is 0.429. The molecule has 0 aromatic carbocycles. The maximum atomic E-state index is 11.6. The van der Waals surface area contributed by atoms with Crippen LogP contribution in [0.15, 0.2) is 12.3 Å². The molecule has 0 unspecified atom stereocenters. The molecule has 0 aliphatic heterocycles. The summed E-state index contributed by atoms with van der Waals surface area (Å²) in [6.45, 7) is 1.02. The van der Waals surface area contributed by atoms with Gasteiger partial charge in [-0.15, -0.1) is 13.2 Å². The van der Waals surface area contributed by atoms with Gasteiger partial charge >= 0.3 is 6.36 Å². The van der Waals surface area contributed by atoms with Crippen LogP contribution in [-0.4, -0.2) is 16.3 Å². The number of alkyl halides is 3. The first-order chi connectivity index (χ1) is 5.97. The van der Waals surface area contributed by atoms with Crippen LogP contribution >= 0.6 is 0 Å². The van der Waals surface area contributed by atoms with Crippen molar-refractivity contribution in [3.05, 3.63) is 23.8 Å². The molecular formula is C7H7F3N2O. The van der Waals surface area contributed by atoms with Crippen LogP contribution in [0.4, 0.5) is 13.2 Å². The van der Waals surface area contributed by atoms with Crippen molar-refractivity contribution in [1.82, 2.24) is 9.97 Å². The first-order valence-electron chi connectivity index (χ1n) is 3.46. The summed E-state index contributed by atoms with van der Waals surface area (Å²) in [6.07, 6.45) is -3.25. The van der Waals surface area contributed by atoms with Gasteiger partial charge in [0.2, 0.25) is 0 Å². The molecule has 0 spiro atoms. The Morgan fingerprint density at radius 3 is 2.69 bits per heavy atom. The zero-order valence-electron chi connectivity index (χ0n) is 6.80. The standard InChI is InChI=1S/C7H7F3N2O/c1-5-2-3-11-6(12-5)4-13-7(8,9)10/h2-3H,4H2,1H3. The van der Waals surface area contributed by atoms with Gasteiger partial charge in [-0.25, -0.2) is 9.97 Å². The molecule has 0 aliphatic rings. The predicted octanol–water partition coefficient (Wildman–Crippen LogP) is 1.82. The molecule has 0 saturated carbocycles. The predicted molar refractivity (Wildman–Crippen MR) is 37.6 cm³/mol. The van der Waals surface area contributed by atoms with Crippen LogP contribution in [0.25, 0.3) is 0 Å². The molecule has 0 radical (unpaired) electrons. The normalized spacial score (nSPS) is 11.7. The number of rotatable bonds is 2. The zero-order valence-corrected chi connectivity index (χ0v) is 6.80. The third-order valence-electron chi connectivity index (χ3n) is 1.21. The lowest BCUT2D eigenvalue weighted by atomic mass is 10.4. The molecule has 13 heavy (non-hydrogen) atoms. The van der Waals surface area contributed by atoms with Gasteiger partial charge in [0.25, 0.3) is 0 Å². The van der Waals surface area contributed by atoms with E-state index >= 15 is 0 Å². The van der Waals surface area contributed by atoms with Gasteiger partial charge < -0.3 is 0 Å². The lowest BCUT2D eigenvalue weighted by molar-refractivity contribution is -0.331. The van der Waals surface area contributed by atoms with Crippen molar-refractivity contribution in [2.45, 2.75) is 19.9 Å². The molecule has 0 amide bonds. The summed E-state index contributed by atoms with van der Waals surface area (Å²) in [4.78, 5) is 7.35. The largest absolute Gasteiger partial charge is 0.522 e. The van der Waals surface area contributed by atoms with E-state index in [1.165, 1.54) is 6.20 Å². The van der Waals surface area contributed by atoms with E-state index in [1.807, 2.05) is 0 Å². The molecule has 0 saturated heterocycles. The topological polar surface area (TPSA) is 35.0 Å². The monoisotopic (exact) mass is 192 g/mol. The summed E-state index contributed by atoms with van der Waals surface area (Å²) in [5.74, 6) is 0.0253. The van der Waals surface area contributed by atoms with E-state index in [2.05, 4.69) is 14.7 Å². The van der Waals surface area contributed by atoms with Gasteiger partial charge in [0.05, 0.1) is 0 Å². The van der Waals surface area contributed by atoms with Crippen molar-refractivity contribution >= 4 is 0 Å². The molecule has 0 bridgehead atoms. The van der Waals surface area contributed by atoms with Gasteiger partial charge in [-0.3, -0.25) is 4.74 Å². The Bertz CT molecular complexity index is 287. The van der Waals surface area contributed by atoms with Gasteiger partial charge in [-0.2, -0.15) is 0 Å². The third-order valence-corrected chi connectivity index (χ3v) is 1.21. The zero-order chi connectivity index (χ0) is 9.90. The van der Waals surface area contributed by atoms with Crippen molar-refractivity contribution < 1.29 is 17.9 Å². The highest BCUT2D eigenvalue weighted by Crippen LogP contribution is 2.17. The fourth-order valence-electron chi connectivity index (χ4n) is 0.717. The van der Waals surface area contributed by atoms with Crippen LogP contribution in [0.5, 0.6) is 0 Å². The first-order valence-corrected chi connectivity index (χ1v) is 3.46. The van der Waals surface area contributed by atoms with Crippen molar-refractivity contribution in [1.29, 1.82) is 0 Å². The van der Waals surface area contributed by atoms with Crippen LogP contribution in [0.1, 0.15) is 11.5 Å². The SMILES string of the molecule is Cc1ccnc(COC(F)(F)F)n1. The Morgan fingerprint density at radius 1 is 1.46 bits per heavy atom. The minimum absolute atomic E-state index is 0.0253. The Hall–Kier alpha value is -1.17. The summed E-state index contributed by atoms with van der Waals surface area (Å²) >= 11 is 0. The number of aryl methyl sites for hydroxylation is 1. The molecule has 3 nitrogen and oxygen atoms in total. The van der Waals surface area contributed by atoms with Crippen LogP contribution < -0.4 is 0 Å². The molecule has 1 heterocycles. The van der Waals surface area contributed by atoms with Crippen molar-refractivity contribution in [2.24, 2.45) is 0 Å². The molecule has 0 N–H and O–H groups in total. The lowest BCUT2D eigenvalue weighted by Gasteiger charge is -2.05. The molecule has 1 aromatic heterocycles. The van der Waals surface area contributed by atoms with Gasteiger partial charge in [-0.1, -0.05) is 0 Å². The van der Waals surface area contributed by atoms with E-state index in [0.29, 0.717) is 5.69 Å². The van der Waals surface area contributed by atoms with E-state index in [-0.39, 0.29) is 5.82 Å². The number of hydrogen-bond donors (Lipinski definition) is 0. The average molecular weight is 192 g/mol. The highest BCUT2D eigenvalue weighted by Gasteiger charge is 2.29. The fourth-order valence-corrected chi connectivity index (χ4v) is 0.717. The Kier molecular flexibility index (Phi) is 2.82. The molecule has 72 valence electrons. The van der Waals surface area contributed by atoms with Crippen LogP contribution in [0.3, 0.4) is 0 Å². The Balaban J connectivity index is 2.55. The van der Waals surface area contributed by atoms with Crippen molar-refractivity contribution in [2.75, 3.05) is 0 Å². The highest BCUT2D eigenvalue weighted by molar-refractivity contribution is 4.98. The Morgan fingerprint density at radius 2 is 2.15 bits per heavy atom. The number of aromatic nitrogens is 2. The van der Waals surface area contributed by atoms with Gasteiger partial charge in [-0.05, 0) is 13.0 Å². The number of hydrogen-bond acceptors (Lipinski definition) is 3. The molecular weight excluding hydrogens is 185 g/mol. The summed E-state index contributed by atoms with van der Waals surface area (Å²) in [6, 6.07) is 1.59.